The van der Waals surface area contributed by atoms with Crippen LogP contribution in [0.4, 0.5) is 0 Å². The number of hydrogen-bond donors (Lipinski definition) is 2. The average Bonchev–Trinajstić information content (AvgIpc) is 3.63. The molecular formula is C41H40N6O4. The molecule has 0 aliphatic carbocycles. The molecule has 1 heterocycles. The predicted molar refractivity (Wildman–Crippen MR) is 195 cm³/mol. The maximum absolute atomic E-state index is 13.8. The Morgan fingerprint density at radius 3 is 1.86 bits per heavy atom. The molecule has 258 valence electrons. The molecule has 0 fully saturated rings. The van der Waals surface area contributed by atoms with Crippen LogP contribution in [-0.4, -0.2) is 67.1 Å². The van der Waals surface area contributed by atoms with Crippen molar-refractivity contribution in [1.29, 1.82) is 0 Å². The van der Waals surface area contributed by atoms with Gasteiger partial charge in [0.1, 0.15) is 12.6 Å². The fraction of sp³-hybridized carbons (Fsp3) is 0.220. The van der Waals surface area contributed by atoms with Crippen LogP contribution in [0.3, 0.4) is 0 Å². The first-order chi connectivity index (χ1) is 24.8. The van der Waals surface area contributed by atoms with Crippen molar-refractivity contribution in [2.24, 2.45) is 5.92 Å². The van der Waals surface area contributed by atoms with Gasteiger partial charge in [-0.2, -0.15) is 0 Å². The summed E-state index contributed by atoms with van der Waals surface area (Å²) in [6.07, 6.45) is 0.719. The molecule has 0 bridgehead atoms. The second-order valence-electron chi connectivity index (χ2n) is 12.8. The van der Waals surface area contributed by atoms with Crippen molar-refractivity contribution < 1.29 is 19.5 Å². The van der Waals surface area contributed by atoms with Crippen molar-refractivity contribution >= 4 is 28.6 Å². The number of rotatable bonds is 14. The normalized spacial score (nSPS) is 12.1. The van der Waals surface area contributed by atoms with Crippen molar-refractivity contribution in [2.45, 2.75) is 38.3 Å². The number of carboxylic acid groups (broad SMARTS) is 1. The SMILES string of the molecule is CC(C)[C@H](NC(=O)c1ccc2ccccc2c1)C(=O)N(CCCc1nnn(C(c2ccccc2)(c2ccccc2)c2ccccc2)n1)CC(=O)O. The Hall–Kier alpha value is -6.16. The zero-order chi connectivity index (χ0) is 35.8. The van der Waals surface area contributed by atoms with E-state index in [0.717, 1.165) is 27.5 Å². The van der Waals surface area contributed by atoms with E-state index in [1.807, 2.05) is 135 Å². The number of fused-ring (bicyclic) bond motifs is 1. The first-order valence-corrected chi connectivity index (χ1v) is 17.0. The minimum atomic E-state index is -1.14. The molecule has 2 amide bonds. The van der Waals surface area contributed by atoms with Gasteiger partial charge in [-0.05, 0) is 57.1 Å². The van der Waals surface area contributed by atoms with E-state index in [0.29, 0.717) is 24.2 Å². The number of aliphatic carboxylic acids is 1. The monoisotopic (exact) mass is 680 g/mol. The summed E-state index contributed by atoms with van der Waals surface area (Å²) < 4.78 is 0. The summed E-state index contributed by atoms with van der Waals surface area (Å²) in [6.45, 7) is 3.26. The van der Waals surface area contributed by atoms with Crippen LogP contribution in [0.1, 0.15) is 53.1 Å². The number of carboxylic acids is 1. The smallest absolute Gasteiger partial charge is 0.323 e. The van der Waals surface area contributed by atoms with Crippen LogP contribution >= 0.6 is 0 Å². The summed E-state index contributed by atoms with van der Waals surface area (Å²) in [5, 5.41) is 28.4. The van der Waals surface area contributed by atoms with Gasteiger partial charge in [0.25, 0.3) is 5.91 Å². The summed E-state index contributed by atoms with van der Waals surface area (Å²) in [5.74, 6) is -1.84. The van der Waals surface area contributed by atoms with E-state index in [-0.39, 0.29) is 12.5 Å². The van der Waals surface area contributed by atoms with Crippen LogP contribution in [-0.2, 0) is 21.5 Å². The molecule has 51 heavy (non-hydrogen) atoms. The topological polar surface area (TPSA) is 130 Å². The number of aryl methyl sites for hydroxylation is 1. The molecule has 0 saturated heterocycles. The van der Waals surface area contributed by atoms with E-state index < -0.39 is 35.9 Å². The van der Waals surface area contributed by atoms with Crippen molar-refractivity contribution in [3.05, 3.63) is 162 Å². The average molecular weight is 681 g/mol. The Morgan fingerprint density at radius 2 is 1.31 bits per heavy atom. The minimum Gasteiger partial charge on any atom is -0.480 e. The molecule has 0 radical (unpaired) electrons. The van der Waals surface area contributed by atoms with Gasteiger partial charge in [0, 0.05) is 18.5 Å². The highest BCUT2D eigenvalue weighted by molar-refractivity contribution is 6.01. The zero-order valence-electron chi connectivity index (χ0n) is 28.6. The molecule has 6 rings (SSSR count). The lowest BCUT2D eigenvalue weighted by atomic mass is 9.77. The summed E-state index contributed by atoms with van der Waals surface area (Å²) in [5.41, 5.74) is 2.36. The van der Waals surface area contributed by atoms with Crippen molar-refractivity contribution in [3.8, 4) is 0 Å². The number of carbonyl (C=O) groups excluding carboxylic acids is 2. The van der Waals surface area contributed by atoms with Crippen LogP contribution in [0.5, 0.6) is 0 Å². The van der Waals surface area contributed by atoms with Gasteiger partial charge < -0.3 is 15.3 Å². The highest BCUT2D eigenvalue weighted by Crippen LogP contribution is 2.39. The van der Waals surface area contributed by atoms with Gasteiger partial charge in [-0.15, -0.1) is 15.0 Å². The Bertz CT molecular complexity index is 2000. The molecule has 10 heteroatoms. The summed E-state index contributed by atoms with van der Waals surface area (Å²) in [7, 11) is 0. The van der Waals surface area contributed by atoms with E-state index in [9.17, 15) is 19.5 Å². The van der Waals surface area contributed by atoms with Crippen molar-refractivity contribution in [3.63, 3.8) is 0 Å². The molecule has 6 aromatic rings. The fourth-order valence-corrected chi connectivity index (χ4v) is 6.49. The Kier molecular flexibility index (Phi) is 10.6. The number of hydrogen-bond acceptors (Lipinski definition) is 6. The summed E-state index contributed by atoms with van der Waals surface area (Å²) in [4.78, 5) is 42.0. The summed E-state index contributed by atoms with van der Waals surface area (Å²) >= 11 is 0. The molecular weight excluding hydrogens is 640 g/mol. The van der Waals surface area contributed by atoms with Gasteiger partial charge in [-0.1, -0.05) is 135 Å². The molecule has 0 aliphatic heterocycles. The van der Waals surface area contributed by atoms with Crippen LogP contribution in [0.25, 0.3) is 10.8 Å². The van der Waals surface area contributed by atoms with Gasteiger partial charge in [-0.25, -0.2) is 0 Å². The number of carbonyl (C=O) groups is 3. The lowest BCUT2D eigenvalue weighted by Crippen LogP contribution is -2.52. The van der Waals surface area contributed by atoms with E-state index in [2.05, 4.69) is 15.6 Å². The second kappa shape index (κ2) is 15.6. The van der Waals surface area contributed by atoms with E-state index in [1.54, 1.807) is 16.9 Å². The van der Waals surface area contributed by atoms with E-state index >= 15 is 0 Å². The van der Waals surface area contributed by atoms with Gasteiger partial charge in [0.15, 0.2) is 11.4 Å². The molecule has 0 aliphatic rings. The van der Waals surface area contributed by atoms with Crippen LogP contribution in [0, 0.1) is 5.92 Å². The largest absolute Gasteiger partial charge is 0.480 e. The standard InChI is InChI=1S/C41H40N6O4/c1-29(2)38(42-39(50)32-25-24-30-15-12-13-16-31(30)27-32)40(51)46(28-37(48)49)26-14-23-36-43-45-47(44-36)41(33-17-6-3-7-18-33,34-19-8-4-9-20-34)35-21-10-5-11-22-35/h3-13,15-22,24-25,27,29,38H,14,23,26,28H2,1-2H3,(H,42,50)(H,48,49)/t38-/m0/s1. The van der Waals surface area contributed by atoms with Crippen LogP contribution in [0.2, 0.25) is 0 Å². The van der Waals surface area contributed by atoms with Crippen molar-refractivity contribution in [1.82, 2.24) is 30.4 Å². The molecule has 1 aromatic heterocycles. The minimum absolute atomic E-state index is 0.121. The van der Waals surface area contributed by atoms with E-state index in [1.165, 1.54) is 4.90 Å². The third-order valence-corrected chi connectivity index (χ3v) is 9.03. The highest BCUT2D eigenvalue weighted by atomic mass is 16.4. The van der Waals surface area contributed by atoms with E-state index in [4.69, 9.17) is 5.10 Å². The third-order valence-electron chi connectivity index (χ3n) is 9.03. The Labute approximate surface area is 296 Å². The molecule has 2 N–H and O–H groups in total. The number of nitrogens with one attached hydrogen (secondary N) is 1. The number of nitrogens with zero attached hydrogens (tertiary/aromatic N) is 5. The zero-order valence-corrected chi connectivity index (χ0v) is 28.6. The maximum atomic E-state index is 13.8. The predicted octanol–water partition coefficient (Wildman–Crippen LogP) is 5.97. The fourth-order valence-electron chi connectivity index (χ4n) is 6.49. The molecule has 5 aromatic carbocycles. The van der Waals surface area contributed by atoms with Crippen molar-refractivity contribution in [2.75, 3.05) is 13.1 Å². The Balaban J connectivity index is 1.22. The number of aromatic nitrogens is 4. The van der Waals surface area contributed by atoms with Gasteiger partial charge in [0.05, 0.1) is 0 Å². The van der Waals surface area contributed by atoms with Gasteiger partial charge >= 0.3 is 5.97 Å². The molecule has 0 unspecified atom stereocenters. The first-order valence-electron chi connectivity index (χ1n) is 17.0. The number of amides is 2. The molecule has 10 nitrogen and oxygen atoms in total. The second-order valence-corrected chi connectivity index (χ2v) is 12.8. The van der Waals surface area contributed by atoms with Crippen LogP contribution < -0.4 is 5.32 Å². The van der Waals surface area contributed by atoms with Gasteiger partial charge in [-0.3, -0.25) is 14.4 Å². The summed E-state index contributed by atoms with van der Waals surface area (Å²) in [6, 6.07) is 42.2. The first kappa shape index (κ1) is 34.7. The third kappa shape index (κ3) is 7.55. The van der Waals surface area contributed by atoms with Crippen LogP contribution in [0.15, 0.2) is 133 Å². The lowest BCUT2D eigenvalue weighted by molar-refractivity contribution is -0.145. The number of tetrazole rings is 1. The lowest BCUT2D eigenvalue weighted by Gasteiger charge is -2.34. The molecule has 1 atom stereocenters. The number of benzene rings is 5. The molecule has 0 saturated carbocycles. The highest BCUT2D eigenvalue weighted by Gasteiger charge is 2.41. The van der Waals surface area contributed by atoms with Gasteiger partial charge in [0.2, 0.25) is 5.91 Å². The maximum Gasteiger partial charge on any atom is 0.323 e. The Morgan fingerprint density at radius 1 is 0.765 bits per heavy atom. The quantitative estimate of drug-likeness (QED) is 0.136. The molecule has 0 spiro atoms.